The van der Waals surface area contributed by atoms with Crippen molar-refractivity contribution in [2.45, 2.75) is 6.61 Å². The van der Waals surface area contributed by atoms with E-state index in [0.717, 1.165) is 9.99 Å². The molecule has 0 saturated heterocycles. The largest absolute Gasteiger partial charge is 0.507 e. The summed E-state index contributed by atoms with van der Waals surface area (Å²) >= 11 is 3.34. The van der Waals surface area contributed by atoms with Gasteiger partial charge in [0.1, 0.15) is 5.75 Å². The fraction of sp³-hybridized carbons (Fsp3) is 0.0769. The molecule has 3 rings (SSSR count). The third-order valence-corrected chi connectivity index (χ3v) is 3.26. The second-order valence-corrected chi connectivity index (χ2v) is 4.98. The standard InChI is InChI=1S/C13H10BrN3O2/c14-8-4-11-10(12(19)5-8)6-15-17(11)13-3-1-2-9(7-18)16-13/h1-6,18-19H,7H2. The number of phenolic OH excluding ortho intramolecular Hbond substituents is 1. The number of fused-ring (bicyclic) bond motifs is 1. The van der Waals surface area contributed by atoms with Crippen LogP contribution in [0.5, 0.6) is 5.75 Å². The lowest BCUT2D eigenvalue weighted by atomic mass is 10.2. The van der Waals surface area contributed by atoms with E-state index in [2.05, 4.69) is 26.0 Å². The number of phenols is 1. The zero-order valence-electron chi connectivity index (χ0n) is 9.79. The van der Waals surface area contributed by atoms with Crippen LogP contribution in [0.15, 0.2) is 41.0 Å². The summed E-state index contributed by atoms with van der Waals surface area (Å²) in [5.41, 5.74) is 1.31. The van der Waals surface area contributed by atoms with Gasteiger partial charge in [-0.25, -0.2) is 9.67 Å². The maximum atomic E-state index is 9.87. The van der Waals surface area contributed by atoms with E-state index in [4.69, 9.17) is 5.11 Å². The summed E-state index contributed by atoms with van der Waals surface area (Å²) in [5.74, 6) is 0.757. The van der Waals surface area contributed by atoms with Gasteiger partial charge in [-0.15, -0.1) is 0 Å². The van der Waals surface area contributed by atoms with Crippen molar-refractivity contribution in [2.75, 3.05) is 0 Å². The van der Waals surface area contributed by atoms with Crippen molar-refractivity contribution >= 4 is 26.8 Å². The van der Waals surface area contributed by atoms with Crippen molar-refractivity contribution in [3.8, 4) is 11.6 Å². The minimum absolute atomic E-state index is 0.123. The molecule has 0 atom stereocenters. The summed E-state index contributed by atoms with van der Waals surface area (Å²) in [5, 5.41) is 23.9. The summed E-state index contributed by atoms with van der Waals surface area (Å²) < 4.78 is 2.39. The van der Waals surface area contributed by atoms with Gasteiger partial charge in [0.05, 0.1) is 29.4 Å². The molecule has 19 heavy (non-hydrogen) atoms. The second kappa shape index (κ2) is 4.64. The van der Waals surface area contributed by atoms with Crippen molar-refractivity contribution in [1.29, 1.82) is 0 Å². The molecule has 0 aliphatic rings. The summed E-state index contributed by atoms with van der Waals surface area (Å²) in [4.78, 5) is 4.30. The van der Waals surface area contributed by atoms with E-state index in [9.17, 15) is 5.11 Å². The Morgan fingerprint density at radius 2 is 2.11 bits per heavy atom. The van der Waals surface area contributed by atoms with Crippen molar-refractivity contribution in [3.05, 3.63) is 46.7 Å². The molecule has 96 valence electrons. The van der Waals surface area contributed by atoms with E-state index in [0.29, 0.717) is 16.9 Å². The lowest BCUT2D eigenvalue weighted by molar-refractivity contribution is 0.276. The van der Waals surface area contributed by atoms with Crippen molar-refractivity contribution in [2.24, 2.45) is 0 Å². The van der Waals surface area contributed by atoms with Gasteiger partial charge in [-0.3, -0.25) is 0 Å². The lowest BCUT2D eigenvalue weighted by Gasteiger charge is -2.05. The summed E-state index contributed by atoms with van der Waals surface area (Å²) in [6.07, 6.45) is 1.59. The molecule has 5 nitrogen and oxygen atoms in total. The van der Waals surface area contributed by atoms with Crippen LogP contribution in [0.1, 0.15) is 5.69 Å². The van der Waals surface area contributed by atoms with Crippen LogP contribution >= 0.6 is 15.9 Å². The normalized spacial score (nSPS) is 11.1. The molecule has 6 heteroatoms. The maximum Gasteiger partial charge on any atom is 0.154 e. The number of hydrogen-bond acceptors (Lipinski definition) is 4. The second-order valence-electron chi connectivity index (χ2n) is 4.06. The molecule has 2 N–H and O–H groups in total. The Kier molecular flexibility index (Phi) is 2.96. The molecule has 3 aromatic rings. The number of aromatic nitrogens is 3. The minimum atomic E-state index is -0.123. The Hall–Kier alpha value is -1.92. The number of nitrogens with zero attached hydrogens (tertiary/aromatic N) is 3. The number of aliphatic hydroxyl groups is 1. The van der Waals surface area contributed by atoms with Gasteiger partial charge in [0, 0.05) is 4.47 Å². The van der Waals surface area contributed by atoms with Gasteiger partial charge in [-0.05, 0) is 24.3 Å². The Bertz CT molecular complexity index is 755. The molecule has 0 spiro atoms. The van der Waals surface area contributed by atoms with Crippen LogP contribution in [0.3, 0.4) is 0 Å². The molecule has 2 aromatic heterocycles. The Morgan fingerprint density at radius 1 is 1.26 bits per heavy atom. The van der Waals surface area contributed by atoms with Gasteiger partial charge in [0.2, 0.25) is 0 Å². The average molecular weight is 320 g/mol. The van der Waals surface area contributed by atoms with E-state index in [-0.39, 0.29) is 12.4 Å². The number of rotatable bonds is 2. The van der Waals surface area contributed by atoms with Gasteiger partial charge < -0.3 is 10.2 Å². The van der Waals surface area contributed by atoms with Crippen LogP contribution in [-0.2, 0) is 6.61 Å². The molecule has 0 aliphatic heterocycles. The number of pyridine rings is 1. The molecule has 0 amide bonds. The smallest absolute Gasteiger partial charge is 0.154 e. The lowest BCUT2D eigenvalue weighted by Crippen LogP contribution is -2.01. The van der Waals surface area contributed by atoms with E-state index in [1.165, 1.54) is 0 Å². The van der Waals surface area contributed by atoms with E-state index >= 15 is 0 Å². The van der Waals surface area contributed by atoms with Crippen LogP contribution < -0.4 is 0 Å². The van der Waals surface area contributed by atoms with Gasteiger partial charge >= 0.3 is 0 Å². The zero-order chi connectivity index (χ0) is 13.4. The van der Waals surface area contributed by atoms with Crippen LogP contribution in [0.25, 0.3) is 16.7 Å². The SMILES string of the molecule is OCc1cccc(-n2ncc3c(O)cc(Br)cc32)n1. The van der Waals surface area contributed by atoms with Gasteiger partial charge in [0.15, 0.2) is 5.82 Å². The highest BCUT2D eigenvalue weighted by Gasteiger charge is 2.10. The molecular weight excluding hydrogens is 310 g/mol. The van der Waals surface area contributed by atoms with Gasteiger partial charge in [0.25, 0.3) is 0 Å². The first kappa shape index (κ1) is 12.1. The van der Waals surface area contributed by atoms with E-state index in [1.807, 2.05) is 6.07 Å². The van der Waals surface area contributed by atoms with Gasteiger partial charge in [-0.2, -0.15) is 5.10 Å². The predicted molar refractivity (Wildman–Crippen MR) is 74.2 cm³/mol. The fourth-order valence-electron chi connectivity index (χ4n) is 1.93. The highest BCUT2D eigenvalue weighted by atomic mass is 79.9. The van der Waals surface area contributed by atoms with Crippen LogP contribution in [0.2, 0.25) is 0 Å². The summed E-state index contributed by atoms with van der Waals surface area (Å²) in [7, 11) is 0. The predicted octanol–water partition coefficient (Wildman–Crippen LogP) is 2.38. The monoisotopic (exact) mass is 319 g/mol. The Balaban J connectivity index is 2.25. The molecule has 0 fully saturated rings. The third kappa shape index (κ3) is 2.09. The average Bonchev–Trinajstić information content (AvgIpc) is 2.82. The van der Waals surface area contributed by atoms with Gasteiger partial charge in [-0.1, -0.05) is 22.0 Å². The number of aromatic hydroxyl groups is 1. The first-order chi connectivity index (χ1) is 9.19. The zero-order valence-corrected chi connectivity index (χ0v) is 11.4. The van der Waals surface area contributed by atoms with Crippen molar-refractivity contribution < 1.29 is 10.2 Å². The van der Waals surface area contributed by atoms with Crippen LogP contribution in [0, 0.1) is 0 Å². The summed E-state index contributed by atoms with van der Waals surface area (Å²) in [6.45, 7) is -0.123. The molecule has 0 bridgehead atoms. The summed E-state index contributed by atoms with van der Waals surface area (Å²) in [6, 6.07) is 8.81. The Morgan fingerprint density at radius 3 is 2.89 bits per heavy atom. The highest BCUT2D eigenvalue weighted by Crippen LogP contribution is 2.30. The Labute approximate surface area is 117 Å². The molecule has 2 heterocycles. The maximum absolute atomic E-state index is 9.87. The van der Waals surface area contributed by atoms with Crippen molar-refractivity contribution in [1.82, 2.24) is 14.8 Å². The number of halogens is 1. The topological polar surface area (TPSA) is 71.2 Å². The van der Waals surface area contributed by atoms with Crippen LogP contribution in [-0.4, -0.2) is 25.0 Å². The molecule has 0 radical (unpaired) electrons. The van der Waals surface area contributed by atoms with E-state index < -0.39 is 0 Å². The third-order valence-electron chi connectivity index (χ3n) is 2.80. The van der Waals surface area contributed by atoms with E-state index in [1.54, 1.807) is 35.1 Å². The highest BCUT2D eigenvalue weighted by molar-refractivity contribution is 9.10. The molecule has 1 aromatic carbocycles. The van der Waals surface area contributed by atoms with Crippen LogP contribution in [0.4, 0.5) is 0 Å². The minimum Gasteiger partial charge on any atom is -0.507 e. The number of benzene rings is 1. The van der Waals surface area contributed by atoms with Crippen molar-refractivity contribution in [3.63, 3.8) is 0 Å². The fourth-order valence-corrected chi connectivity index (χ4v) is 2.36. The number of hydrogen-bond donors (Lipinski definition) is 2. The molecule has 0 saturated carbocycles. The first-order valence-corrected chi connectivity index (χ1v) is 6.42. The molecule has 0 aliphatic carbocycles. The number of aliphatic hydroxyl groups excluding tert-OH is 1. The molecular formula is C13H10BrN3O2. The molecule has 0 unspecified atom stereocenters. The first-order valence-electron chi connectivity index (χ1n) is 5.62. The quantitative estimate of drug-likeness (QED) is 0.760.